The number of benzene rings is 9. The maximum atomic E-state index is 6.35. The molecule has 0 N–H and O–H groups in total. The van der Waals surface area contributed by atoms with E-state index in [-0.39, 0.29) is 0 Å². The highest BCUT2D eigenvalue weighted by Crippen LogP contribution is 2.45. The molecule has 0 radical (unpaired) electrons. The van der Waals surface area contributed by atoms with Crippen molar-refractivity contribution in [3.63, 3.8) is 0 Å². The lowest BCUT2D eigenvalue weighted by Gasteiger charge is -2.16. The van der Waals surface area contributed by atoms with Crippen LogP contribution in [-0.2, 0) is 0 Å². The fourth-order valence-electron chi connectivity index (χ4n) is 9.23. The van der Waals surface area contributed by atoms with Crippen molar-refractivity contribution in [2.24, 2.45) is 0 Å². The summed E-state index contributed by atoms with van der Waals surface area (Å²) in [5.41, 5.74) is 9.88. The average Bonchev–Trinajstić information content (AvgIpc) is 4.00. The SMILES string of the molecule is c1ccc(-c2nc(-c3ccc4c(c3)oc3ccccc34)nc(-c3ccc(-n4c5ccccc5c5cc6ccccc6cc54)cc3-c3cccc4sc5ccccc5c34)n2)cc1. The number of para-hydroxylation sites is 2. The quantitative estimate of drug-likeness (QED) is 0.174. The lowest BCUT2D eigenvalue weighted by Crippen LogP contribution is -2.02. The molecule has 13 rings (SSSR count). The molecule has 6 heteroatoms. The van der Waals surface area contributed by atoms with Crippen LogP contribution in [-0.4, -0.2) is 19.5 Å². The summed E-state index contributed by atoms with van der Waals surface area (Å²) in [5, 5.41) is 9.48. The highest BCUT2D eigenvalue weighted by molar-refractivity contribution is 7.25. The van der Waals surface area contributed by atoms with E-state index in [0.29, 0.717) is 17.5 Å². The molecule has 0 saturated heterocycles. The molecule has 0 spiro atoms. The van der Waals surface area contributed by atoms with E-state index in [2.05, 4.69) is 162 Å². The van der Waals surface area contributed by atoms with Gasteiger partial charge < -0.3 is 8.98 Å². The van der Waals surface area contributed by atoms with Crippen molar-refractivity contribution in [3.05, 3.63) is 194 Å². The molecular formula is C55H32N4OS. The number of thiophene rings is 1. The van der Waals surface area contributed by atoms with E-state index in [4.69, 9.17) is 19.4 Å². The van der Waals surface area contributed by atoms with Gasteiger partial charge in [0.2, 0.25) is 0 Å². The van der Waals surface area contributed by atoms with Gasteiger partial charge in [-0.25, -0.2) is 15.0 Å². The lowest BCUT2D eigenvalue weighted by molar-refractivity contribution is 0.669. The van der Waals surface area contributed by atoms with Crippen LogP contribution in [0.2, 0.25) is 0 Å². The Labute approximate surface area is 353 Å². The summed E-state index contributed by atoms with van der Waals surface area (Å²) < 4.78 is 11.3. The van der Waals surface area contributed by atoms with Crippen molar-refractivity contribution in [3.8, 4) is 51.0 Å². The van der Waals surface area contributed by atoms with Crippen molar-refractivity contribution < 1.29 is 4.42 Å². The number of nitrogens with zero attached hydrogens (tertiary/aromatic N) is 4. The van der Waals surface area contributed by atoms with Crippen LogP contribution in [0.15, 0.2) is 199 Å². The van der Waals surface area contributed by atoms with Gasteiger partial charge in [-0.3, -0.25) is 0 Å². The monoisotopic (exact) mass is 796 g/mol. The highest BCUT2D eigenvalue weighted by Gasteiger charge is 2.22. The molecule has 0 atom stereocenters. The summed E-state index contributed by atoms with van der Waals surface area (Å²) in [5.74, 6) is 1.78. The summed E-state index contributed by atoms with van der Waals surface area (Å²) in [6.07, 6.45) is 0. The van der Waals surface area contributed by atoms with Crippen molar-refractivity contribution in [2.75, 3.05) is 0 Å². The molecule has 4 heterocycles. The van der Waals surface area contributed by atoms with Gasteiger partial charge in [0, 0.05) is 64.1 Å². The molecule has 0 aliphatic heterocycles. The van der Waals surface area contributed by atoms with Gasteiger partial charge in [0.15, 0.2) is 17.5 Å². The number of rotatable bonds is 5. The first-order valence-electron chi connectivity index (χ1n) is 20.4. The van der Waals surface area contributed by atoms with Gasteiger partial charge in [0.1, 0.15) is 11.2 Å². The van der Waals surface area contributed by atoms with Gasteiger partial charge in [0.05, 0.1) is 11.0 Å². The number of fused-ring (bicyclic) bond motifs is 10. The zero-order valence-electron chi connectivity index (χ0n) is 32.6. The Balaban J connectivity index is 1.10. The Bertz CT molecular complexity index is 3900. The van der Waals surface area contributed by atoms with Gasteiger partial charge in [-0.1, -0.05) is 127 Å². The van der Waals surface area contributed by atoms with E-state index in [1.54, 1.807) is 0 Å². The van der Waals surface area contributed by atoms with Crippen molar-refractivity contribution in [2.45, 2.75) is 0 Å². The Hall–Kier alpha value is -7.93. The predicted octanol–water partition coefficient (Wildman–Crippen LogP) is 15.1. The highest BCUT2D eigenvalue weighted by atomic mass is 32.1. The number of furan rings is 1. The zero-order chi connectivity index (χ0) is 40.0. The smallest absolute Gasteiger partial charge is 0.164 e. The fourth-order valence-corrected chi connectivity index (χ4v) is 10.4. The van der Waals surface area contributed by atoms with Crippen LogP contribution < -0.4 is 0 Å². The van der Waals surface area contributed by atoms with E-state index >= 15 is 0 Å². The molecule has 0 unspecified atom stereocenters. The zero-order valence-corrected chi connectivity index (χ0v) is 33.4. The predicted molar refractivity (Wildman–Crippen MR) is 254 cm³/mol. The molecule has 0 aliphatic carbocycles. The van der Waals surface area contributed by atoms with Crippen LogP contribution in [0.3, 0.4) is 0 Å². The Morgan fingerprint density at radius 1 is 0.377 bits per heavy atom. The van der Waals surface area contributed by atoms with E-state index in [1.165, 1.54) is 41.7 Å². The standard InChI is InChI=1S/C55H32N4OS/c1-2-13-33(14-3-1)53-56-54(36-25-27-40-39-18-7-10-22-48(39)60-49(40)31-36)58-55(57-53)42-28-26-37(32-44(42)41-20-12-24-51-52(41)43-19-8-11-23-50(43)61-51)59-46-21-9-6-17-38(46)45-29-34-15-4-5-16-35(34)30-47(45)59/h1-32H. The summed E-state index contributed by atoms with van der Waals surface area (Å²) in [6, 6.07) is 68.7. The van der Waals surface area contributed by atoms with Crippen LogP contribution >= 0.6 is 11.3 Å². The minimum atomic E-state index is 0.578. The molecule has 5 nitrogen and oxygen atoms in total. The first-order chi connectivity index (χ1) is 30.2. The lowest BCUT2D eigenvalue weighted by atomic mass is 9.94. The Kier molecular flexibility index (Phi) is 7.41. The van der Waals surface area contributed by atoms with Crippen molar-refractivity contribution in [1.82, 2.24) is 19.5 Å². The van der Waals surface area contributed by atoms with Crippen molar-refractivity contribution >= 4 is 86.0 Å². The number of hydrogen-bond acceptors (Lipinski definition) is 5. The molecule has 0 fully saturated rings. The summed E-state index contributed by atoms with van der Waals surface area (Å²) >= 11 is 1.83. The Morgan fingerprint density at radius 3 is 1.95 bits per heavy atom. The van der Waals surface area contributed by atoms with Crippen LogP contribution in [0.25, 0.3) is 126 Å². The summed E-state index contributed by atoms with van der Waals surface area (Å²) in [6.45, 7) is 0. The molecule has 61 heavy (non-hydrogen) atoms. The maximum absolute atomic E-state index is 6.35. The minimum Gasteiger partial charge on any atom is -0.456 e. The molecule has 0 amide bonds. The van der Waals surface area contributed by atoms with Crippen LogP contribution in [0.1, 0.15) is 0 Å². The second-order valence-corrected chi connectivity index (χ2v) is 16.6. The van der Waals surface area contributed by atoms with Crippen molar-refractivity contribution in [1.29, 1.82) is 0 Å². The summed E-state index contributed by atoms with van der Waals surface area (Å²) in [7, 11) is 0. The normalized spacial score (nSPS) is 11.9. The van der Waals surface area contributed by atoms with Gasteiger partial charge in [-0.15, -0.1) is 11.3 Å². The molecule has 0 saturated carbocycles. The third kappa shape index (κ3) is 5.36. The third-order valence-electron chi connectivity index (χ3n) is 12.0. The van der Waals surface area contributed by atoms with Gasteiger partial charge in [-0.05, 0) is 88.6 Å². The number of aromatic nitrogens is 4. The molecule has 4 aromatic heterocycles. The maximum Gasteiger partial charge on any atom is 0.164 e. The minimum absolute atomic E-state index is 0.578. The van der Waals surface area contributed by atoms with E-state index in [1.807, 2.05) is 47.7 Å². The second-order valence-electron chi connectivity index (χ2n) is 15.6. The van der Waals surface area contributed by atoms with Crippen LogP contribution in [0.4, 0.5) is 0 Å². The fraction of sp³-hybridized carbons (Fsp3) is 0. The van der Waals surface area contributed by atoms with Gasteiger partial charge in [0.25, 0.3) is 0 Å². The average molecular weight is 797 g/mol. The van der Waals surface area contributed by atoms with E-state index in [0.717, 1.165) is 66.5 Å². The largest absolute Gasteiger partial charge is 0.456 e. The Morgan fingerprint density at radius 2 is 1.07 bits per heavy atom. The molecular weight excluding hydrogens is 765 g/mol. The summed E-state index contributed by atoms with van der Waals surface area (Å²) in [4.78, 5) is 15.8. The first-order valence-corrected chi connectivity index (χ1v) is 21.2. The first kappa shape index (κ1) is 34.0. The molecule has 0 bridgehead atoms. The molecule has 13 aromatic rings. The van der Waals surface area contributed by atoms with Crippen LogP contribution in [0, 0.1) is 0 Å². The van der Waals surface area contributed by atoms with E-state index < -0.39 is 0 Å². The molecule has 0 aliphatic rings. The van der Waals surface area contributed by atoms with Crippen LogP contribution in [0.5, 0.6) is 0 Å². The molecule has 284 valence electrons. The third-order valence-corrected chi connectivity index (χ3v) is 13.2. The molecule has 9 aromatic carbocycles. The topological polar surface area (TPSA) is 56.7 Å². The second kappa shape index (κ2) is 13.3. The van der Waals surface area contributed by atoms with Gasteiger partial charge in [-0.2, -0.15) is 0 Å². The van der Waals surface area contributed by atoms with Gasteiger partial charge >= 0.3 is 0 Å². The van der Waals surface area contributed by atoms with E-state index in [9.17, 15) is 0 Å². The number of hydrogen-bond donors (Lipinski definition) is 0.